The summed E-state index contributed by atoms with van der Waals surface area (Å²) in [6, 6.07) is 29.9. The SMILES string of the molecule is CCc1ccc2c(C=O)c(O)ccc2c1.CCc1ccc2c(C=O)c(O)ccc2c1.Oc1ccc2cc(Br)ccc2c1. The number of hydrogen-bond donors (Lipinski definition) is 3. The molecule has 6 aromatic carbocycles. The highest BCUT2D eigenvalue weighted by Crippen LogP contribution is 2.28. The first-order valence-electron chi connectivity index (χ1n) is 13.6. The van der Waals surface area contributed by atoms with Gasteiger partial charge in [0.25, 0.3) is 0 Å². The molecule has 0 bridgehead atoms. The zero-order chi connectivity index (χ0) is 30.2. The summed E-state index contributed by atoms with van der Waals surface area (Å²) in [4.78, 5) is 21.7. The van der Waals surface area contributed by atoms with Gasteiger partial charge in [0.1, 0.15) is 17.2 Å². The van der Waals surface area contributed by atoms with Gasteiger partial charge in [-0.1, -0.05) is 90.4 Å². The molecule has 0 saturated heterocycles. The van der Waals surface area contributed by atoms with Crippen molar-refractivity contribution in [2.45, 2.75) is 26.7 Å². The molecule has 212 valence electrons. The predicted molar refractivity (Wildman–Crippen MR) is 174 cm³/mol. The van der Waals surface area contributed by atoms with Gasteiger partial charge >= 0.3 is 0 Å². The lowest BCUT2D eigenvalue weighted by Gasteiger charge is -2.05. The zero-order valence-electron chi connectivity index (χ0n) is 23.3. The molecular formula is C36H31BrO5. The van der Waals surface area contributed by atoms with E-state index in [0.29, 0.717) is 29.4 Å². The Morgan fingerprint density at radius 3 is 1.48 bits per heavy atom. The largest absolute Gasteiger partial charge is 0.508 e. The van der Waals surface area contributed by atoms with Crippen molar-refractivity contribution < 1.29 is 24.9 Å². The van der Waals surface area contributed by atoms with Gasteiger partial charge in [0, 0.05) is 4.47 Å². The fraction of sp³-hybridized carbons (Fsp3) is 0.111. The van der Waals surface area contributed by atoms with Gasteiger partial charge in [-0.2, -0.15) is 0 Å². The molecule has 0 aromatic heterocycles. The van der Waals surface area contributed by atoms with Crippen molar-refractivity contribution in [2.75, 3.05) is 0 Å². The molecule has 0 saturated carbocycles. The highest BCUT2D eigenvalue weighted by molar-refractivity contribution is 9.10. The van der Waals surface area contributed by atoms with Crippen LogP contribution in [0.15, 0.2) is 102 Å². The van der Waals surface area contributed by atoms with E-state index in [1.807, 2.05) is 72.8 Å². The lowest BCUT2D eigenvalue weighted by atomic mass is 10.0. The molecule has 0 aliphatic heterocycles. The topological polar surface area (TPSA) is 94.8 Å². The fourth-order valence-corrected chi connectivity index (χ4v) is 5.05. The molecular weight excluding hydrogens is 592 g/mol. The first-order valence-corrected chi connectivity index (χ1v) is 14.3. The maximum absolute atomic E-state index is 10.8. The van der Waals surface area contributed by atoms with Crippen LogP contribution >= 0.6 is 15.9 Å². The van der Waals surface area contributed by atoms with E-state index in [0.717, 1.165) is 49.6 Å². The third kappa shape index (κ3) is 6.96. The average Bonchev–Trinajstić information content (AvgIpc) is 3.01. The highest BCUT2D eigenvalue weighted by atomic mass is 79.9. The van der Waals surface area contributed by atoms with Gasteiger partial charge in [0.2, 0.25) is 0 Å². The molecule has 42 heavy (non-hydrogen) atoms. The number of aryl methyl sites for hydroxylation is 2. The van der Waals surface area contributed by atoms with Crippen LogP contribution in [0.1, 0.15) is 45.7 Å². The van der Waals surface area contributed by atoms with Crippen molar-refractivity contribution in [3.63, 3.8) is 0 Å². The summed E-state index contributed by atoms with van der Waals surface area (Å²) in [5.41, 5.74) is 3.19. The quantitative estimate of drug-likeness (QED) is 0.170. The Morgan fingerprint density at radius 1 is 0.548 bits per heavy atom. The summed E-state index contributed by atoms with van der Waals surface area (Å²) in [5, 5.41) is 34.0. The van der Waals surface area contributed by atoms with E-state index in [-0.39, 0.29) is 11.5 Å². The van der Waals surface area contributed by atoms with E-state index in [2.05, 4.69) is 29.8 Å². The van der Waals surface area contributed by atoms with Crippen molar-refractivity contribution in [1.29, 1.82) is 0 Å². The normalized spacial score (nSPS) is 10.5. The lowest BCUT2D eigenvalue weighted by Crippen LogP contribution is -1.87. The number of carbonyl (C=O) groups is 2. The molecule has 0 spiro atoms. The number of rotatable bonds is 4. The minimum absolute atomic E-state index is 0.0433. The van der Waals surface area contributed by atoms with Crippen LogP contribution in [-0.4, -0.2) is 27.9 Å². The molecule has 6 aromatic rings. The molecule has 0 fully saturated rings. The van der Waals surface area contributed by atoms with Crippen LogP contribution in [-0.2, 0) is 12.8 Å². The maximum Gasteiger partial charge on any atom is 0.154 e. The van der Waals surface area contributed by atoms with Crippen molar-refractivity contribution in [3.8, 4) is 17.2 Å². The van der Waals surface area contributed by atoms with Gasteiger partial charge in [-0.15, -0.1) is 0 Å². The van der Waals surface area contributed by atoms with E-state index < -0.39 is 0 Å². The second kappa shape index (κ2) is 13.8. The number of halogens is 1. The van der Waals surface area contributed by atoms with E-state index in [9.17, 15) is 24.9 Å². The Kier molecular flexibility index (Phi) is 9.94. The highest BCUT2D eigenvalue weighted by Gasteiger charge is 2.07. The minimum atomic E-state index is 0.0433. The molecule has 0 heterocycles. The monoisotopic (exact) mass is 622 g/mol. The fourth-order valence-electron chi connectivity index (χ4n) is 4.68. The molecule has 0 atom stereocenters. The number of fused-ring (bicyclic) bond motifs is 3. The molecule has 6 rings (SSSR count). The van der Waals surface area contributed by atoms with Crippen LogP contribution in [0.4, 0.5) is 0 Å². The Morgan fingerprint density at radius 2 is 1.00 bits per heavy atom. The number of aromatic hydroxyl groups is 3. The standard InChI is InChI=1S/2C13H12O2.C10H7BrO/c2*1-2-9-3-5-11-10(7-9)4-6-13(15)12(11)8-14;11-9-3-1-8-6-10(12)4-2-7(8)5-9/h2*3-8,15H,2H2,1H3;1-6,12H. The van der Waals surface area contributed by atoms with Gasteiger partial charge < -0.3 is 15.3 Å². The Balaban J connectivity index is 0.000000146. The first-order chi connectivity index (χ1) is 20.3. The van der Waals surface area contributed by atoms with Gasteiger partial charge in [0.05, 0.1) is 11.1 Å². The number of phenols is 3. The zero-order valence-corrected chi connectivity index (χ0v) is 24.9. The molecule has 0 aliphatic carbocycles. The summed E-state index contributed by atoms with van der Waals surface area (Å²) in [7, 11) is 0. The van der Waals surface area contributed by atoms with E-state index >= 15 is 0 Å². The second-order valence-electron chi connectivity index (χ2n) is 9.73. The number of carbonyl (C=O) groups excluding carboxylic acids is 2. The van der Waals surface area contributed by atoms with Crippen LogP contribution in [0, 0.1) is 0 Å². The third-order valence-electron chi connectivity index (χ3n) is 7.04. The number of hydrogen-bond acceptors (Lipinski definition) is 5. The maximum atomic E-state index is 10.8. The molecule has 5 nitrogen and oxygen atoms in total. The lowest BCUT2D eigenvalue weighted by molar-refractivity contribution is 0.111. The van der Waals surface area contributed by atoms with Crippen LogP contribution in [0.5, 0.6) is 17.2 Å². The van der Waals surface area contributed by atoms with E-state index in [4.69, 9.17) is 0 Å². The Labute approximate surface area is 252 Å². The van der Waals surface area contributed by atoms with Gasteiger partial charge in [-0.3, -0.25) is 9.59 Å². The molecule has 0 aliphatic rings. The van der Waals surface area contributed by atoms with Crippen molar-refractivity contribution in [2.24, 2.45) is 0 Å². The Hall–Kier alpha value is -4.68. The molecule has 0 amide bonds. The van der Waals surface area contributed by atoms with Gasteiger partial charge in [0.15, 0.2) is 12.6 Å². The number of aldehydes is 2. The Bertz CT molecular complexity index is 1760. The molecule has 0 unspecified atom stereocenters. The van der Waals surface area contributed by atoms with Crippen LogP contribution in [0.25, 0.3) is 32.3 Å². The van der Waals surface area contributed by atoms with Crippen LogP contribution in [0.3, 0.4) is 0 Å². The summed E-state index contributed by atoms with van der Waals surface area (Å²) in [6.45, 7) is 4.17. The van der Waals surface area contributed by atoms with Crippen molar-refractivity contribution >= 4 is 60.8 Å². The second-order valence-corrected chi connectivity index (χ2v) is 10.6. The number of benzene rings is 6. The van der Waals surface area contributed by atoms with Crippen LogP contribution in [0.2, 0.25) is 0 Å². The van der Waals surface area contributed by atoms with Crippen molar-refractivity contribution in [1.82, 2.24) is 0 Å². The predicted octanol–water partition coefficient (Wildman–Crippen LogP) is 9.15. The third-order valence-corrected chi connectivity index (χ3v) is 7.54. The first kappa shape index (κ1) is 30.3. The van der Waals surface area contributed by atoms with Crippen LogP contribution < -0.4 is 0 Å². The minimum Gasteiger partial charge on any atom is -0.508 e. The average molecular weight is 624 g/mol. The summed E-state index contributed by atoms with van der Waals surface area (Å²) < 4.78 is 1.06. The molecule has 3 N–H and O–H groups in total. The summed E-state index contributed by atoms with van der Waals surface area (Å²) in [6.07, 6.45) is 3.33. The summed E-state index contributed by atoms with van der Waals surface area (Å²) >= 11 is 3.39. The van der Waals surface area contributed by atoms with Gasteiger partial charge in [-0.05, 0) is 92.7 Å². The van der Waals surface area contributed by atoms with Crippen molar-refractivity contribution in [3.05, 3.63) is 124 Å². The van der Waals surface area contributed by atoms with E-state index in [1.54, 1.807) is 24.3 Å². The number of phenolic OH excluding ortho intramolecular Hbond substituents is 3. The smallest absolute Gasteiger partial charge is 0.154 e. The summed E-state index contributed by atoms with van der Waals surface area (Å²) in [5.74, 6) is 0.397. The molecule has 0 radical (unpaired) electrons. The molecule has 6 heteroatoms. The van der Waals surface area contributed by atoms with E-state index in [1.165, 1.54) is 11.1 Å². The van der Waals surface area contributed by atoms with Gasteiger partial charge in [-0.25, -0.2) is 0 Å².